The number of carbonyl (C=O) groups is 2. The Morgan fingerprint density at radius 3 is 2.38 bits per heavy atom. The summed E-state index contributed by atoms with van der Waals surface area (Å²) in [5, 5.41) is 2.19. The van der Waals surface area contributed by atoms with Crippen LogP contribution in [0.15, 0.2) is 46.9 Å². The average Bonchev–Trinajstić information content (AvgIpc) is 3.16. The summed E-state index contributed by atoms with van der Waals surface area (Å²) in [5.74, 6) is 1.50. The molecule has 2 aromatic carbocycles. The van der Waals surface area contributed by atoms with E-state index in [1.165, 1.54) is 7.11 Å². The number of nitrogens with zero attached hydrogens (tertiary/aromatic N) is 2. The molecular formula is C25H30N2O5. The molecule has 3 aromatic rings. The second kappa shape index (κ2) is 9.87. The van der Waals surface area contributed by atoms with Crippen molar-refractivity contribution in [3.8, 4) is 5.75 Å². The van der Waals surface area contributed by atoms with Crippen LogP contribution in [0.2, 0.25) is 0 Å². The number of rotatable bonds is 8. The van der Waals surface area contributed by atoms with Crippen LogP contribution in [0.4, 0.5) is 0 Å². The van der Waals surface area contributed by atoms with Gasteiger partial charge in [0.25, 0.3) is 0 Å². The summed E-state index contributed by atoms with van der Waals surface area (Å²) in [6.45, 7) is 4.49. The van der Waals surface area contributed by atoms with E-state index in [0.717, 1.165) is 22.1 Å². The number of likely N-dealkylation sites (N-methyl/N-ethyl adjacent to an activating group) is 2. The Kier molecular flexibility index (Phi) is 7.20. The molecule has 1 unspecified atom stereocenters. The Balaban J connectivity index is 1.64. The first-order chi connectivity index (χ1) is 15.2. The number of benzene rings is 2. The van der Waals surface area contributed by atoms with Crippen molar-refractivity contribution in [1.29, 1.82) is 0 Å². The van der Waals surface area contributed by atoms with Crippen molar-refractivity contribution in [3.63, 3.8) is 0 Å². The zero-order chi connectivity index (χ0) is 23.4. The van der Waals surface area contributed by atoms with Crippen LogP contribution in [0, 0.1) is 6.92 Å². The van der Waals surface area contributed by atoms with E-state index < -0.39 is 5.97 Å². The molecule has 0 saturated heterocycles. The molecule has 32 heavy (non-hydrogen) atoms. The van der Waals surface area contributed by atoms with Gasteiger partial charge in [0.1, 0.15) is 22.8 Å². The molecule has 3 rings (SSSR count). The minimum atomic E-state index is -0.433. The van der Waals surface area contributed by atoms with Crippen molar-refractivity contribution in [2.75, 3.05) is 28.3 Å². The van der Waals surface area contributed by atoms with Crippen LogP contribution in [0.3, 0.4) is 0 Å². The molecule has 7 nitrogen and oxygen atoms in total. The zero-order valence-corrected chi connectivity index (χ0v) is 19.5. The average molecular weight is 439 g/mol. The molecule has 0 aliphatic carbocycles. The highest BCUT2D eigenvalue weighted by Gasteiger charge is 2.24. The molecule has 0 spiro atoms. The molecule has 0 fully saturated rings. The topological polar surface area (TPSA) is 72.2 Å². The minimum absolute atomic E-state index is 0.00111. The number of methoxy groups -OCH3 is 2. The molecule has 1 heterocycles. The summed E-state index contributed by atoms with van der Waals surface area (Å²) in [6, 6.07) is 13.4. The van der Waals surface area contributed by atoms with Gasteiger partial charge in [-0.2, -0.15) is 0 Å². The maximum Gasteiger partial charge on any atom is 0.341 e. The lowest BCUT2D eigenvalue weighted by Crippen LogP contribution is -2.43. The molecule has 0 aliphatic rings. The largest absolute Gasteiger partial charge is 0.497 e. The number of hydrogen-bond donors (Lipinski definition) is 0. The summed E-state index contributed by atoms with van der Waals surface area (Å²) in [5.41, 5.74) is 1.46. The fourth-order valence-electron chi connectivity index (χ4n) is 3.67. The Morgan fingerprint density at radius 1 is 1.00 bits per heavy atom. The smallest absolute Gasteiger partial charge is 0.341 e. The van der Waals surface area contributed by atoms with Crippen molar-refractivity contribution in [2.45, 2.75) is 33.0 Å². The normalized spacial score (nSPS) is 12.1. The molecule has 1 amide bonds. The molecule has 170 valence electrons. The fraction of sp³-hybridized carbons (Fsp3) is 0.360. The van der Waals surface area contributed by atoms with Gasteiger partial charge in [-0.3, -0.25) is 9.69 Å². The Morgan fingerprint density at radius 2 is 1.69 bits per heavy atom. The molecule has 1 atom stereocenters. The van der Waals surface area contributed by atoms with Gasteiger partial charge >= 0.3 is 5.97 Å². The predicted molar refractivity (Wildman–Crippen MR) is 123 cm³/mol. The summed E-state index contributed by atoms with van der Waals surface area (Å²) < 4.78 is 15.7. The molecule has 0 saturated carbocycles. The van der Waals surface area contributed by atoms with E-state index >= 15 is 0 Å². The summed E-state index contributed by atoms with van der Waals surface area (Å²) in [7, 11) is 6.65. The molecule has 0 bridgehead atoms. The number of aryl methyl sites for hydroxylation is 1. The summed E-state index contributed by atoms with van der Waals surface area (Å²) in [4.78, 5) is 28.4. The third-order valence-corrected chi connectivity index (χ3v) is 5.71. The third kappa shape index (κ3) is 5.11. The number of esters is 1. The Hall–Kier alpha value is -3.32. The van der Waals surface area contributed by atoms with Crippen molar-refractivity contribution < 1.29 is 23.5 Å². The van der Waals surface area contributed by atoms with Crippen molar-refractivity contribution in [1.82, 2.24) is 9.80 Å². The summed E-state index contributed by atoms with van der Waals surface area (Å²) in [6.07, 6.45) is 0. The highest BCUT2D eigenvalue weighted by molar-refractivity contribution is 5.90. The van der Waals surface area contributed by atoms with Crippen LogP contribution >= 0.6 is 0 Å². The second-order valence-electron chi connectivity index (χ2n) is 8.01. The highest BCUT2D eigenvalue weighted by atomic mass is 16.5. The standard InChI is InChI=1S/C25H30N2O5/c1-16(26(3)15-22-13-23(17(2)32-22)25(29)31-6)24(28)27(4)14-18-7-8-20-12-21(30-5)10-9-19(20)11-18/h7-13,16H,14-15H2,1-6H3. The van der Waals surface area contributed by atoms with Crippen LogP contribution in [-0.2, 0) is 22.6 Å². The van der Waals surface area contributed by atoms with E-state index in [0.29, 0.717) is 30.2 Å². The first kappa shape index (κ1) is 23.3. The van der Waals surface area contributed by atoms with Crippen LogP contribution in [0.1, 0.15) is 34.4 Å². The van der Waals surface area contributed by atoms with Crippen LogP contribution < -0.4 is 4.74 Å². The van der Waals surface area contributed by atoms with Crippen LogP contribution in [-0.4, -0.2) is 56.0 Å². The van der Waals surface area contributed by atoms with Gasteiger partial charge in [0.05, 0.1) is 26.8 Å². The van der Waals surface area contributed by atoms with Gasteiger partial charge in [-0.25, -0.2) is 4.79 Å². The lowest BCUT2D eigenvalue weighted by Gasteiger charge is -2.27. The first-order valence-corrected chi connectivity index (χ1v) is 10.4. The number of amides is 1. The van der Waals surface area contributed by atoms with E-state index in [-0.39, 0.29) is 11.9 Å². The van der Waals surface area contributed by atoms with Crippen molar-refractivity contribution in [2.24, 2.45) is 0 Å². The van der Waals surface area contributed by atoms with Crippen LogP contribution in [0.5, 0.6) is 5.75 Å². The van der Waals surface area contributed by atoms with E-state index in [4.69, 9.17) is 13.9 Å². The molecule has 7 heteroatoms. The van der Waals surface area contributed by atoms with Gasteiger partial charge in [-0.05, 0) is 61.5 Å². The number of carbonyl (C=O) groups excluding carboxylic acids is 2. The minimum Gasteiger partial charge on any atom is -0.497 e. The predicted octanol–water partition coefficient (Wildman–Crippen LogP) is 4.02. The SMILES string of the molecule is COC(=O)c1cc(CN(C)C(C)C(=O)N(C)Cc2ccc3cc(OC)ccc3c2)oc1C. The van der Waals surface area contributed by atoms with E-state index in [1.807, 2.05) is 49.2 Å². The molecule has 0 N–H and O–H groups in total. The second-order valence-corrected chi connectivity index (χ2v) is 8.01. The van der Waals surface area contributed by atoms with E-state index in [9.17, 15) is 9.59 Å². The van der Waals surface area contributed by atoms with E-state index in [2.05, 4.69) is 6.07 Å². The quantitative estimate of drug-likeness (QED) is 0.495. The molecule has 1 aromatic heterocycles. The van der Waals surface area contributed by atoms with Gasteiger partial charge in [-0.1, -0.05) is 18.2 Å². The number of ether oxygens (including phenoxy) is 2. The first-order valence-electron chi connectivity index (χ1n) is 10.4. The third-order valence-electron chi connectivity index (χ3n) is 5.71. The molecule has 0 radical (unpaired) electrons. The van der Waals surface area contributed by atoms with E-state index in [1.54, 1.807) is 32.0 Å². The molecule has 0 aliphatic heterocycles. The van der Waals surface area contributed by atoms with Gasteiger partial charge in [0.2, 0.25) is 5.91 Å². The van der Waals surface area contributed by atoms with Crippen molar-refractivity contribution in [3.05, 3.63) is 65.1 Å². The highest BCUT2D eigenvalue weighted by Crippen LogP contribution is 2.23. The van der Waals surface area contributed by atoms with Gasteiger partial charge < -0.3 is 18.8 Å². The monoisotopic (exact) mass is 438 g/mol. The Bertz CT molecular complexity index is 1120. The number of fused-ring (bicyclic) bond motifs is 1. The van der Waals surface area contributed by atoms with Gasteiger partial charge in [-0.15, -0.1) is 0 Å². The maximum absolute atomic E-state index is 13.0. The number of hydrogen-bond acceptors (Lipinski definition) is 6. The van der Waals surface area contributed by atoms with Crippen molar-refractivity contribution >= 4 is 22.6 Å². The van der Waals surface area contributed by atoms with Gasteiger partial charge in [0.15, 0.2) is 0 Å². The van der Waals surface area contributed by atoms with Crippen LogP contribution in [0.25, 0.3) is 10.8 Å². The lowest BCUT2D eigenvalue weighted by molar-refractivity contribution is -0.135. The Labute approximate surface area is 188 Å². The fourth-order valence-corrected chi connectivity index (χ4v) is 3.67. The number of furan rings is 1. The summed E-state index contributed by atoms with van der Waals surface area (Å²) >= 11 is 0. The molecular weight excluding hydrogens is 408 g/mol. The van der Waals surface area contributed by atoms with Gasteiger partial charge in [0, 0.05) is 13.6 Å². The lowest BCUT2D eigenvalue weighted by atomic mass is 10.1. The zero-order valence-electron chi connectivity index (χ0n) is 19.5. The maximum atomic E-state index is 13.0.